The molecule has 2 saturated heterocycles. The van der Waals surface area contributed by atoms with Gasteiger partial charge in [0.15, 0.2) is 0 Å². The number of piperidine rings is 1. The summed E-state index contributed by atoms with van der Waals surface area (Å²) in [4.78, 5) is 4.94. The van der Waals surface area contributed by atoms with Gasteiger partial charge in [-0.25, -0.2) is 4.39 Å². The molecule has 5 heteroatoms. The van der Waals surface area contributed by atoms with Crippen LogP contribution in [-0.2, 0) is 0 Å². The van der Waals surface area contributed by atoms with Crippen LogP contribution in [0.1, 0.15) is 25.7 Å². The number of likely N-dealkylation sites (tertiary alicyclic amines) is 2. The summed E-state index contributed by atoms with van der Waals surface area (Å²) in [5, 5.41) is 10.2. The molecular weight excluding hydrogens is 307 g/mol. The van der Waals surface area contributed by atoms with E-state index >= 15 is 0 Å². The molecule has 0 unspecified atom stereocenters. The zero-order valence-electron chi connectivity index (χ0n) is 14.4. The van der Waals surface area contributed by atoms with Crippen molar-refractivity contribution in [2.45, 2.75) is 31.8 Å². The molecule has 24 heavy (non-hydrogen) atoms. The maximum absolute atomic E-state index is 12.8. The fourth-order valence-electron chi connectivity index (χ4n) is 3.76. The Kier molecular flexibility index (Phi) is 6.46. The molecule has 0 amide bonds. The minimum absolute atomic E-state index is 0.249. The summed E-state index contributed by atoms with van der Waals surface area (Å²) in [7, 11) is 0. The number of benzene rings is 1. The molecule has 1 N–H and O–H groups in total. The average Bonchev–Trinajstić information content (AvgIpc) is 3.09. The van der Waals surface area contributed by atoms with E-state index in [9.17, 15) is 9.50 Å². The summed E-state index contributed by atoms with van der Waals surface area (Å²) < 4.78 is 18.4. The topological polar surface area (TPSA) is 35.9 Å². The van der Waals surface area contributed by atoms with Crippen LogP contribution in [-0.4, -0.2) is 66.9 Å². The Balaban J connectivity index is 1.32. The summed E-state index contributed by atoms with van der Waals surface area (Å²) in [6.07, 6.45) is 4.66. The van der Waals surface area contributed by atoms with Gasteiger partial charge < -0.3 is 19.6 Å². The highest BCUT2D eigenvalue weighted by atomic mass is 19.1. The molecule has 2 fully saturated rings. The largest absolute Gasteiger partial charge is 0.491 e. The molecule has 1 atom stereocenters. The summed E-state index contributed by atoms with van der Waals surface area (Å²) in [6.45, 7) is 6.83. The highest BCUT2D eigenvalue weighted by Gasteiger charge is 2.24. The minimum atomic E-state index is -0.509. The molecule has 0 aromatic heterocycles. The second kappa shape index (κ2) is 8.79. The van der Waals surface area contributed by atoms with Gasteiger partial charge in [-0.15, -0.1) is 0 Å². The van der Waals surface area contributed by atoms with Gasteiger partial charge in [0.2, 0.25) is 0 Å². The molecule has 4 nitrogen and oxygen atoms in total. The van der Waals surface area contributed by atoms with Gasteiger partial charge in [-0.05, 0) is 82.0 Å². The van der Waals surface area contributed by atoms with E-state index < -0.39 is 6.10 Å². The van der Waals surface area contributed by atoms with Gasteiger partial charge in [-0.2, -0.15) is 0 Å². The Morgan fingerprint density at radius 1 is 1.04 bits per heavy atom. The fraction of sp³-hybridized carbons (Fsp3) is 0.684. The van der Waals surface area contributed by atoms with Crippen molar-refractivity contribution in [3.63, 3.8) is 0 Å². The second-order valence-electron chi connectivity index (χ2n) is 7.17. The molecule has 2 aliphatic heterocycles. The van der Waals surface area contributed by atoms with Crippen LogP contribution in [0.3, 0.4) is 0 Å². The Hall–Kier alpha value is -1.17. The first-order valence-corrected chi connectivity index (χ1v) is 9.20. The third-order valence-corrected chi connectivity index (χ3v) is 5.15. The molecule has 0 radical (unpaired) electrons. The second-order valence-corrected chi connectivity index (χ2v) is 7.17. The molecule has 0 bridgehead atoms. The van der Waals surface area contributed by atoms with Crippen molar-refractivity contribution >= 4 is 0 Å². The van der Waals surface area contributed by atoms with Gasteiger partial charge in [0, 0.05) is 13.1 Å². The summed E-state index contributed by atoms with van der Waals surface area (Å²) in [5.74, 6) is 1.13. The van der Waals surface area contributed by atoms with E-state index in [2.05, 4.69) is 9.80 Å². The van der Waals surface area contributed by atoms with Crippen LogP contribution < -0.4 is 4.74 Å². The van der Waals surface area contributed by atoms with Gasteiger partial charge in [0.25, 0.3) is 0 Å². The van der Waals surface area contributed by atoms with Gasteiger partial charge >= 0.3 is 0 Å². The van der Waals surface area contributed by atoms with Gasteiger partial charge in [-0.1, -0.05) is 0 Å². The highest BCUT2D eigenvalue weighted by molar-refractivity contribution is 5.22. The standard InChI is InChI=1S/C19H29FN2O2/c20-17-3-5-19(6-4-17)24-15-18(23)14-22-11-7-16(8-12-22)13-21-9-1-2-10-21/h3-6,16,18,23H,1-2,7-15H2/t18-/m0/s1. The van der Waals surface area contributed by atoms with Crippen molar-refractivity contribution in [2.75, 3.05) is 45.9 Å². The zero-order chi connectivity index (χ0) is 16.8. The van der Waals surface area contributed by atoms with Crippen LogP contribution in [0.2, 0.25) is 0 Å². The van der Waals surface area contributed by atoms with E-state index in [1.807, 2.05) is 0 Å². The maximum Gasteiger partial charge on any atom is 0.123 e. The van der Waals surface area contributed by atoms with Crippen molar-refractivity contribution in [3.8, 4) is 5.75 Å². The lowest BCUT2D eigenvalue weighted by molar-refractivity contribution is 0.0521. The van der Waals surface area contributed by atoms with E-state index in [-0.39, 0.29) is 12.4 Å². The van der Waals surface area contributed by atoms with Crippen molar-refractivity contribution < 1.29 is 14.2 Å². The molecule has 1 aromatic carbocycles. The van der Waals surface area contributed by atoms with Gasteiger partial charge in [-0.3, -0.25) is 0 Å². The lowest BCUT2D eigenvalue weighted by Gasteiger charge is -2.34. The zero-order valence-corrected chi connectivity index (χ0v) is 14.4. The summed E-state index contributed by atoms with van der Waals surface area (Å²) in [5.41, 5.74) is 0. The van der Waals surface area contributed by atoms with Crippen LogP contribution in [0, 0.1) is 11.7 Å². The van der Waals surface area contributed by atoms with Crippen LogP contribution in [0.25, 0.3) is 0 Å². The molecule has 2 aliphatic rings. The highest BCUT2D eigenvalue weighted by Crippen LogP contribution is 2.21. The predicted molar refractivity (Wildman–Crippen MR) is 92.7 cm³/mol. The normalized spacial score (nSPS) is 21.9. The lowest BCUT2D eigenvalue weighted by Crippen LogP contribution is -2.42. The van der Waals surface area contributed by atoms with Crippen molar-refractivity contribution in [1.29, 1.82) is 0 Å². The van der Waals surface area contributed by atoms with E-state index in [0.29, 0.717) is 12.3 Å². The van der Waals surface area contributed by atoms with Crippen LogP contribution >= 0.6 is 0 Å². The SMILES string of the molecule is O[C@H](COc1ccc(F)cc1)CN1CCC(CN2CCCC2)CC1. The smallest absolute Gasteiger partial charge is 0.123 e. The van der Waals surface area contributed by atoms with E-state index in [0.717, 1.165) is 19.0 Å². The molecule has 0 aliphatic carbocycles. The summed E-state index contributed by atoms with van der Waals surface area (Å²) >= 11 is 0. The number of hydrogen-bond acceptors (Lipinski definition) is 4. The molecule has 134 valence electrons. The van der Waals surface area contributed by atoms with E-state index in [1.165, 1.54) is 57.5 Å². The number of β-amino-alcohol motifs (C(OH)–C–C–N with tert-alkyl or cyclic N) is 1. The van der Waals surface area contributed by atoms with Gasteiger partial charge in [0.1, 0.15) is 24.3 Å². The van der Waals surface area contributed by atoms with E-state index in [1.54, 1.807) is 12.1 Å². The van der Waals surface area contributed by atoms with E-state index in [4.69, 9.17) is 4.74 Å². The number of aliphatic hydroxyl groups excluding tert-OH is 1. The molecule has 0 saturated carbocycles. The van der Waals surface area contributed by atoms with Crippen LogP contribution in [0.15, 0.2) is 24.3 Å². The third-order valence-electron chi connectivity index (χ3n) is 5.15. The number of halogens is 1. The quantitative estimate of drug-likeness (QED) is 0.829. The van der Waals surface area contributed by atoms with Crippen molar-refractivity contribution in [3.05, 3.63) is 30.1 Å². The average molecular weight is 336 g/mol. The Morgan fingerprint density at radius 3 is 2.38 bits per heavy atom. The molecular formula is C19H29FN2O2. The number of hydrogen-bond donors (Lipinski definition) is 1. The van der Waals surface area contributed by atoms with Gasteiger partial charge in [0.05, 0.1) is 0 Å². The predicted octanol–water partition coefficient (Wildman–Crippen LogP) is 2.37. The molecule has 2 heterocycles. The molecule has 1 aromatic rings. The number of rotatable bonds is 7. The molecule has 3 rings (SSSR count). The molecule has 0 spiro atoms. The Labute approximate surface area is 144 Å². The number of aliphatic hydroxyl groups is 1. The van der Waals surface area contributed by atoms with Crippen LogP contribution in [0.5, 0.6) is 5.75 Å². The number of nitrogens with zero attached hydrogens (tertiary/aromatic N) is 2. The maximum atomic E-state index is 12.8. The first-order valence-electron chi connectivity index (χ1n) is 9.20. The Morgan fingerprint density at radius 2 is 1.71 bits per heavy atom. The van der Waals surface area contributed by atoms with Crippen molar-refractivity contribution in [1.82, 2.24) is 9.80 Å². The minimum Gasteiger partial charge on any atom is -0.491 e. The Bertz CT molecular complexity index is 483. The van der Waals surface area contributed by atoms with Crippen LogP contribution in [0.4, 0.5) is 4.39 Å². The lowest BCUT2D eigenvalue weighted by atomic mass is 9.96. The monoisotopic (exact) mass is 336 g/mol. The van der Waals surface area contributed by atoms with Crippen molar-refractivity contribution in [2.24, 2.45) is 5.92 Å². The number of ether oxygens (including phenoxy) is 1. The summed E-state index contributed by atoms with van der Waals surface area (Å²) in [6, 6.07) is 5.91. The third kappa shape index (κ3) is 5.43. The fourth-order valence-corrected chi connectivity index (χ4v) is 3.76. The first-order chi connectivity index (χ1) is 11.7. The first kappa shape index (κ1) is 17.6.